The van der Waals surface area contributed by atoms with Crippen molar-refractivity contribution in [3.63, 3.8) is 0 Å². The van der Waals surface area contributed by atoms with E-state index in [2.05, 4.69) is 27.2 Å². The monoisotopic (exact) mass is 178 g/mol. The first kappa shape index (κ1) is 7.81. The molecule has 0 fully saturated rings. The van der Waals surface area contributed by atoms with E-state index in [4.69, 9.17) is 4.84 Å². The summed E-state index contributed by atoms with van der Waals surface area (Å²) in [7, 11) is 1.51. The molecule has 0 spiro atoms. The highest BCUT2D eigenvalue weighted by Gasteiger charge is 2.24. The number of nitrogens with one attached hydrogen (secondary N) is 1. The molecule has 0 saturated carbocycles. The van der Waals surface area contributed by atoms with Gasteiger partial charge >= 0.3 is 5.82 Å². The molecule has 1 aliphatic heterocycles. The number of fused-ring (bicyclic) bond motifs is 1. The van der Waals surface area contributed by atoms with Gasteiger partial charge in [0, 0.05) is 6.72 Å². The Balaban J connectivity index is 2.50. The molecule has 0 unspecified atom stereocenters. The minimum atomic E-state index is 0.537. The molecule has 0 saturated heterocycles. The van der Waals surface area contributed by atoms with Crippen LogP contribution in [0.1, 0.15) is 0 Å². The van der Waals surface area contributed by atoms with E-state index in [0.29, 0.717) is 17.3 Å². The lowest BCUT2D eigenvalue weighted by Gasteiger charge is -1.99. The lowest BCUT2D eigenvalue weighted by atomic mass is 10.4. The highest BCUT2D eigenvalue weighted by molar-refractivity contribution is 5.79. The molecule has 1 aliphatic rings. The molecular weight excluding hydrogens is 170 g/mol. The highest BCUT2D eigenvalue weighted by Crippen LogP contribution is 2.33. The van der Waals surface area contributed by atoms with Gasteiger partial charge in [0.25, 0.3) is 5.69 Å². The van der Waals surface area contributed by atoms with Crippen LogP contribution in [0.3, 0.4) is 0 Å². The van der Waals surface area contributed by atoms with Crippen LogP contribution in [0, 0.1) is 0 Å². The summed E-state index contributed by atoms with van der Waals surface area (Å²) in [4.78, 5) is 16.8. The van der Waals surface area contributed by atoms with Crippen LogP contribution in [0.5, 0.6) is 0 Å². The number of rotatable bonds is 2. The van der Waals surface area contributed by atoms with Crippen LogP contribution in [0.25, 0.3) is 0 Å². The van der Waals surface area contributed by atoms with E-state index in [9.17, 15) is 0 Å². The molecule has 1 aromatic rings. The summed E-state index contributed by atoms with van der Waals surface area (Å²) in [5.74, 6) is 1.20. The van der Waals surface area contributed by atoms with Gasteiger partial charge in [0.1, 0.15) is 0 Å². The molecule has 66 valence electrons. The molecular formula is C7H8N5O+. The molecule has 0 aromatic carbocycles. The second kappa shape index (κ2) is 2.91. The van der Waals surface area contributed by atoms with Crippen molar-refractivity contribution in [2.75, 3.05) is 12.6 Å². The van der Waals surface area contributed by atoms with Crippen molar-refractivity contribution in [2.45, 2.75) is 0 Å². The Hall–Kier alpha value is -1.82. The fraction of sp³-hybridized carbons (Fsp3) is 0.143. The average molecular weight is 178 g/mol. The Kier molecular flexibility index (Phi) is 1.75. The highest BCUT2D eigenvalue weighted by atomic mass is 16.6. The predicted molar refractivity (Wildman–Crippen MR) is 47.9 cm³/mol. The van der Waals surface area contributed by atoms with Gasteiger partial charge in [0.15, 0.2) is 6.33 Å². The summed E-state index contributed by atoms with van der Waals surface area (Å²) in [6, 6.07) is 0. The maximum atomic E-state index is 4.74. The number of anilines is 1. The zero-order chi connectivity index (χ0) is 9.26. The predicted octanol–water partition coefficient (Wildman–Crippen LogP) is 0.468. The third-order valence-corrected chi connectivity index (χ3v) is 1.60. The van der Waals surface area contributed by atoms with Gasteiger partial charge in [0.2, 0.25) is 12.2 Å². The molecule has 0 amide bonds. The third-order valence-electron chi connectivity index (χ3n) is 1.60. The normalized spacial score (nSPS) is 13.2. The Labute approximate surface area is 74.6 Å². The Morgan fingerprint density at radius 2 is 2.38 bits per heavy atom. The topological polar surface area (TPSA) is 62.4 Å². The summed E-state index contributed by atoms with van der Waals surface area (Å²) < 4.78 is 1.57. The van der Waals surface area contributed by atoms with E-state index in [1.54, 1.807) is 10.9 Å². The Morgan fingerprint density at radius 3 is 3.15 bits per heavy atom. The molecule has 6 heteroatoms. The largest absolute Gasteiger partial charge is 0.315 e. The molecule has 0 aliphatic carbocycles. The standard InChI is InChI=1S/C7H8N5O/c1-12-4-10-5-6(11-13-2)8-3-9-7(5)12/h3-4H,1H2,2H3,(H,8,9,11)/q+1. The van der Waals surface area contributed by atoms with Crippen molar-refractivity contribution in [1.29, 1.82) is 0 Å². The van der Waals surface area contributed by atoms with Crippen molar-refractivity contribution in [3.05, 3.63) is 6.33 Å². The number of hydrogen-bond acceptors (Lipinski definition) is 5. The number of aromatic nitrogens is 2. The van der Waals surface area contributed by atoms with E-state index in [1.165, 1.54) is 13.4 Å². The van der Waals surface area contributed by atoms with E-state index < -0.39 is 0 Å². The zero-order valence-corrected chi connectivity index (χ0v) is 7.06. The number of aliphatic imine (C=N–C) groups is 1. The summed E-state index contributed by atoms with van der Waals surface area (Å²) in [6.07, 6.45) is 2.99. The first-order chi connectivity index (χ1) is 6.33. The van der Waals surface area contributed by atoms with Crippen molar-refractivity contribution < 1.29 is 9.41 Å². The summed E-state index contributed by atoms with van der Waals surface area (Å²) in [6.45, 7) is 3.71. The summed E-state index contributed by atoms with van der Waals surface area (Å²) in [5.41, 5.74) is 3.25. The molecule has 1 aromatic heterocycles. The van der Waals surface area contributed by atoms with E-state index >= 15 is 0 Å². The van der Waals surface area contributed by atoms with Gasteiger partial charge in [-0.3, -0.25) is 4.84 Å². The Bertz CT molecular complexity index is 386. The maximum absolute atomic E-state index is 4.74. The second-order valence-electron chi connectivity index (χ2n) is 2.42. The van der Waals surface area contributed by atoms with Gasteiger partial charge < -0.3 is 0 Å². The summed E-state index contributed by atoms with van der Waals surface area (Å²) >= 11 is 0. The third kappa shape index (κ3) is 1.17. The molecule has 13 heavy (non-hydrogen) atoms. The fourth-order valence-electron chi connectivity index (χ4n) is 1.05. The van der Waals surface area contributed by atoms with Crippen LogP contribution in [0.2, 0.25) is 0 Å². The van der Waals surface area contributed by atoms with Gasteiger partial charge in [-0.05, 0) is 0 Å². The first-order valence-electron chi connectivity index (χ1n) is 3.61. The lowest BCUT2D eigenvalue weighted by Crippen LogP contribution is -2.00. The SMILES string of the molecule is C=[N+]1C=Nc2c(NOC)ncnc21. The zero-order valence-electron chi connectivity index (χ0n) is 7.06. The maximum Gasteiger partial charge on any atom is 0.315 e. The summed E-state index contributed by atoms with van der Waals surface area (Å²) in [5, 5.41) is 0. The van der Waals surface area contributed by atoms with Crippen LogP contribution in [-0.4, -0.2) is 34.7 Å². The van der Waals surface area contributed by atoms with Crippen LogP contribution >= 0.6 is 0 Å². The molecule has 2 heterocycles. The fourth-order valence-corrected chi connectivity index (χ4v) is 1.05. The van der Waals surface area contributed by atoms with Gasteiger partial charge in [-0.25, -0.2) is 10.1 Å². The minimum absolute atomic E-state index is 0.537. The smallest absolute Gasteiger partial charge is 0.278 e. The molecule has 0 atom stereocenters. The molecule has 0 bridgehead atoms. The Morgan fingerprint density at radius 1 is 1.54 bits per heavy atom. The van der Waals surface area contributed by atoms with Crippen LogP contribution in [-0.2, 0) is 4.84 Å². The van der Waals surface area contributed by atoms with Crippen molar-refractivity contribution >= 4 is 30.4 Å². The lowest BCUT2D eigenvalue weighted by molar-refractivity contribution is -0.282. The second-order valence-corrected chi connectivity index (χ2v) is 2.42. The van der Waals surface area contributed by atoms with Crippen molar-refractivity contribution in [1.82, 2.24) is 9.97 Å². The van der Waals surface area contributed by atoms with Crippen LogP contribution < -0.4 is 5.48 Å². The number of nitrogens with zero attached hydrogens (tertiary/aromatic N) is 4. The van der Waals surface area contributed by atoms with Gasteiger partial charge in [-0.2, -0.15) is 4.98 Å². The van der Waals surface area contributed by atoms with E-state index in [-0.39, 0.29) is 0 Å². The molecule has 0 radical (unpaired) electrons. The van der Waals surface area contributed by atoms with E-state index in [0.717, 1.165) is 0 Å². The average Bonchev–Trinajstić information content (AvgIpc) is 2.50. The van der Waals surface area contributed by atoms with Crippen LogP contribution in [0.15, 0.2) is 11.3 Å². The molecule has 6 nitrogen and oxygen atoms in total. The van der Waals surface area contributed by atoms with Gasteiger partial charge in [-0.15, -0.1) is 0 Å². The molecule has 2 rings (SSSR count). The quantitative estimate of drug-likeness (QED) is 0.528. The van der Waals surface area contributed by atoms with Gasteiger partial charge in [-0.1, -0.05) is 9.98 Å². The van der Waals surface area contributed by atoms with Crippen LogP contribution in [0.4, 0.5) is 17.3 Å². The number of hydrogen-bond donors (Lipinski definition) is 1. The van der Waals surface area contributed by atoms with Gasteiger partial charge in [0.05, 0.1) is 7.11 Å². The van der Waals surface area contributed by atoms with Crippen molar-refractivity contribution in [2.24, 2.45) is 4.99 Å². The van der Waals surface area contributed by atoms with E-state index in [1.807, 2.05) is 0 Å². The minimum Gasteiger partial charge on any atom is -0.278 e. The first-order valence-corrected chi connectivity index (χ1v) is 3.61. The van der Waals surface area contributed by atoms with Crippen molar-refractivity contribution in [3.8, 4) is 0 Å². The molecule has 1 N–H and O–H groups in total.